The van der Waals surface area contributed by atoms with Crippen LogP contribution in [-0.2, 0) is 0 Å². The maximum Gasteiger partial charge on any atom is 0.0889 e. The fourth-order valence-electron chi connectivity index (χ4n) is 1.27. The Morgan fingerprint density at radius 1 is 0.938 bits per heavy atom. The highest BCUT2D eigenvalue weighted by Crippen LogP contribution is 2.31. The van der Waals surface area contributed by atoms with E-state index < -0.39 is 0 Å². The summed E-state index contributed by atoms with van der Waals surface area (Å²) in [5, 5.41) is 1.62. The van der Waals surface area contributed by atoms with Gasteiger partial charge < -0.3 is 0 Å². The fourth-order valence-corrected chi connectivity index (χ4v) is 2.48. The number of hydrogen-bond acceptors (Lipinski definition) is 1. The minimum Gasteiger partial charge on any atom is -0.254 e. The number of aromatic nitrogens is 1. The number of pyridine rings is 1. The molecule has 0 aliphatic rings. The second-order valence-corrected chi connectivity index (χ2v) is 5.58. The molecule has 1 heterocycles. The van der Waals surface area contributed by atoms with Crippen molar-refractivity contribution in [3.05, 3.63) is 49.1 Å². The first-order chi connectivity index (χ1) is 7.58. The van der Waals surface area contributed by atoms with Crippen molar-refractivity contribution in [2.45, 2.75) is 0 Å². The van der Waals surface area contributed by atoms with Crippen LogP contribution in [0.5, 0.6) is 0 Å². The van der Waals surface area contributed by atoms with E-state index in [1.807, 2.05) is 12.1 Å². The number of benzene rings is 1. The summed E-state index contributed by atoms with van der Waals surface area (Å²) in [6, 6.07) is 7.18. The summed E-state index contributed by atoms with van der Waals surface area (Å²) >= 11 is 20.1. The van der Waals surface area contributed by atoms with Gasteiger partial charge in [-0.3, -0.25) is 4.98 Å². The molecular formula is C11H5Cl3IN. The molecule has 5 heteroatoms. The molecule has 0 amide bonds. The van der Waals surface area contributed by atoms with Gasteiger partial charge >= 0.3 is 0 Å². The van der Waals surface area contributed by atoms with Crippen molar-refractivity contribution in [1.82, 2.24) is 4.98 Å². The topological polar surface area (TPSA) is 12.9 Å². The highest BCUT2D eigenvalue weighted by atomic mass is 127. The minimum absolute atomic E-state index is 0.496. The van der Waals surface area contributed by atoms with Crippen LogP contribution in [0.25, 0.3) is 11.3 Å². The highest BCUT2D eigenvalue weighted by molar-refractivity contribution is 14.1. The second-order valence-electron chi connectivity index (χ2n) is 3.11. The summed E-state index contributed by atoms with van der Waals surface area (Å²) in [4.78, 5) is 4.28. The van der Waals surface area contributed by atoms with Crippen molar-refractivity contribution >= 4 is 57.4 Å². The van der Waals surface area contributed by atoms with E-state index >= 15 is 0 Å². The first-order valence-corrected chi connectivity index (χ1v) is 6.55. The van der Waals surface area contributed by atoms with E-state index in [1.165, 1.54) is 0 Å². The third kappa shape index (κ3) is 2.62. The van der Waals surface area contributed by atoms with Crippen LogP contribution in [0.15, 0.2) is 30.5 Å². The molecule has 1 aromatic carbocycles. The molecule has 0 bridgehead atoms. The van der Waals surface area contributed by atoms with Gasteiger partial charge in [0.2, 0.25) is 0 Å². The maximum absolute atomic E-state index is 6.11. The number of nitrogens with zero attached hydrogens (tertiary/aromatic N) is 1. The summed E-state index contributed by atoms with van der Waals surface area (Å²) in [6.45, 7) is 0. The predicted molar refractivity (Wildman–Crippen MR) is 77.4 cm³/mol. The molecule has 0 saturated heterocycles. The third-order valence-electron chi connectivity index (χ3n) is 2.00. The molecule has 1 nitrogen and oxygen atoms in total. The zero-order valence-corrected chi connectivity index (χ0v) is 12.3. The van der Waals surface area contributed by atoms with Gasteiger partial charge in [-0.05, 0) is 40.8 Å². The molecule has 0 spiro atoms. The largest absolute Gasteiger partial charge is 0.254 e. The van der Waals surface area contributed by atoms with Crippen molar-refractivity contribution in [3.8, 4) is 11.3 Å². The lowest BCUT2D eigenvalue weighted by Crippen LogP contribution is -1.86. The fraction of sp³-hybridized carbons (Fsp3) is 0. The summed E-state index contributed by atoms with van der Waals surface area (Å²) in [5.41, 5.74) is 1.57. The molecule has 0 unspecified atom stereocenters. The molecular weight excluding hydrogens is 379 g/mol. The van der Waals surface area contributed by atoms with Crippen LogP contribution in [-0.4, -0.2) is 4.98 Å². The van der Waals surface area contributed by atoms with Crippen molar-refractivity contribution in [2.24, 2.45) is 0 Å². The van der Waals surface area contributed by atoms with E-state index in [0.717, 1.165) is 9.13 Å². The van der Waals surface area contributed by atoms with Crippen LogP contribution >= 0.6 is 57.4 Å². The van der Waals surface area contributed by atoms with Gasteiger partial charge in [-0.25, -0.2) is 0 Å². The second kappa shape index (κ2) is 5.08. The lowest BCUT2D eigenvalue weighted by molar-refractivity contribution is 1.31. The number of rotatable bonds is 1. The molecule has 0 aliphatic heterocycles. The van der Waals surface area contributed by atoms with Gasteiger partial charge in [0.05, 0.1) is 20.8 Å². The Labute approximate surface area is 122 Å². The summed E-state index contributed by atoms with van der Waals surface area (Å²) in [7, 11) is 0. The Morgan fingerprint density at radius 3 is 2.31 bits per heavy atom. The van der Waals surface area contributed by atoms with E-state index in [9.17, 15) is 0 Å². The van der Waals surface area contributed by atoms with E-state index in [2.05, 4.69) is 27.6 Å². The lowest BCUT2D eigenvalue weighted by atomic mass is 10.1. The van der Waals surface area contributed by atoms with Gasteiger partial charge in [-0.1, -0.05) is 40.9 Å². The molecule has 0 N–H and O–H groups in total. The van der Waals surface area contributed by atoms with E-state index in [1.54, 1.807) is 18.3 Å². The Kier molecular flexibility index (Phi) is 3.95. The van der Waals surface area contributed by atoms with Crippen LogP contribution in [0.1, 0.15) is 0 Å². The quantitative estimate of drug-likeness (QED) is 0.607. The van der Waals surface area contributed by atoms with Crippen LogP contribution < -0.4 is 0 Å². The van der Waals surface area contributed by atoms with Gasteiger partial charge in [0.15, 0.2) is 0 Å². The van der Waals surface area contributed by atoms with Gasteiger partial charge in [-0.2, -0.15) is 0 Å². The van der Waals surface area contributed by atoms with Crippen LogP contribution in [0, 0.1) is 3.57 Å². The normalized spacial score (nSPS) is 10.5. The summed E-state index contributed by atoms with van der Waals surface area (Å²) in [5.74, 6) is 0. The number of halogens is 4. The van der Waals surface area contributed by atoms with E-state index in [0.29, 0.717) is 20.8 Å². The third-order valence-corrected chi connectivity index (χ3v) is 3.62. The van der Waals surface area contributed by atoms with Crippen molar-refractivity contribution < 1.29 is 0 Å². The molecule has 16 heavy (non-hydrogen) atoms. The summed E-state index contributed by atoms with van der Waals surface area (Å²) < 4.78 is 0.992. The average Bonchev–Trinajstić information content (AvgIpc) is 2.22. The highest BCUT2D eigenvalue weighted by Gasteiger charge is 2.07. The van der Waals surface area contributed by atoms with Crippen LogP contribution in [0.4, 0.5) is 0 Å². The number of hydrogen-bond donors (Lipinski definition) is 0. The van der Waals surface area contributed by atoms with E-state index in [-0.39, 0.29) is 0 Å². The molecule has 0 saturated carbocycles. The first kappa shape index (κ1) is 12.4. The Bertz CT molecular complexity index is 543. The smallest absolute Gasteiger partial charge is 0.0889 e. The molecule has 1 aromatic heterocycles. The van der Waals surface area contributed by atoms with Gasteiger partial charge in [0.25, 0.3) is 0 Å². The van der Waals surface area contributed by atoms with Crippen molar-refractivity contribution in [2.75, 3.05) is 0 Å². The van der Waals surface area contributed by atoms with Gasteiger partial charge in [0.1, 0.15) is 0 Å². The molecule has 2 aromatic rings. The zero-order chi connectivity index (χ0) is 11.7. The SMILES string of the molecule is Clc1ccc(-c2ncc(I)cc2Cl)cc1Cl. The van der Waals surface area contributed by atoms with E-state index in [4.69, 9.17) is 34.8 Å². The minimum atomic E-state index is 0.496. The van der Waals surface area contributed by atoms with Crippen LogP contribution in [0.3, 0.4) is 0 Å². The molecule has 0 atom stereocenters. The monoisotopic (exact) mass is 383 g/mol. The molecule has 0 aliphatic carbocycles. The van der Waals surface area contributed by atoms with Crippen molar-refractivity contribution in [3.63, 3.8) is 0 Å². The Morgan fingerprint density at radius 2 is 1.69 bits per heavy atom. The standard InChI is InChI=1S/C11H5Cl3IN/c12-8-2-1-6(3-9(8)13)11-10(14)4-7(15)5-16-11/h1-5H. The van der Waals surface area contributed by atoms with Gasteiger partial charge in [0, 0.05) is 15.3 Å². The van der Waals surface area contributed by atoms with Crippen molar-refractivity contribution in [1.29, 1.82) is 0 Å². The zero-order valence-electron chi connectivity index (χ0n) is 7.85. The molecule has 0 radical (unpaired) electrons. The lowest BCUT2D eigenvalue weighted by Gasteiger charge is -2.05. The van der Waals surface area contributed by atoms with Crippen LogP contribution in [0.2, 0.25) is 15.1 Å². The van der Waals surface area contributed by atoms with Gasteiger partial charge in [-0.15, -0.1) is 0 Å². The molecule has 0 fully saturated rings. The molecule has 2 rings (SSSR count). The Balaban J connectivity index is 2.54. The average molecular weight is 384 g/mol. The summed E-state index contributed by atoms with van der Waals surface area (Å²) in [6.07, 6.45) is 1.75. The predicted octanol–water partition coefficient (Wildman–Crippen LogP) is 5.31. The molecule has 82 valence electrons. The Hall–Kier alpha value is -0.0300. The maximum atomic E-state index is 6.11. The first-order valence-electron chi connectivity index (χ1n) is 4.34.